The fraction of sp³-hybridized carbons (Fsp3) is 0.273. The molecule has 4 rings (SSSR count). The van der Waals surface area contributed by atoms with E-state index in [-0.39, 0.29) is 5.91 Å². The van der Waals surface area contributed by atoms with Crippen LogP contribution in [0.2, 0.25) is 0 Å². The molecule has 3 aromatic rings. The van der Waals surface area contributed by atoms with Gasteiger partial charge in [-0.3, -0.25) is 4.79 Å². The Morgan fingerprint density at radius 1 is 0.897 bits per heavy atom. The van der Waals surface area contributed by atoms with Crippen LogP contribution >= 0.6 is 0 Å². The molecule has 0 bridgehead atoms. The summed E-state index contributed by atoms with van der Waals surface area (Å²) in [6.07, 6.45) is 5.35. The van der Waals surface area contributed by atoms with Crippen molar-refractivity contribution < 1.29 is 4.79 Å². The topological polar surface area (TPSA) is 74.2 Å². The number of aryl methyl sites for hydroxylation is 2. The molecule has 0 radical (unpaired) electrons. The van der Waals surface area contributed by atoms with Gasteiger partial charge in [0.25, 0.3) is 5.91 Å². The lowest BCUT2D eigenvalue weighted by Gasteiger charge is -2.35. The van der Waals surface area contributed by atoms with Crippen LogP contribution in [0.3, 0.4) is 0 Å². The maximum Gasteiger partial charge on any atom is 0.256 e. The highest BCUT2D eigenvalue weighted by Gasteiger charge is 2.19. The average Bonchev–Trinajstić information content (AvgIpc) is 2.77. The standard InChI is InChI=1S/C22H24N6O/c1-16-4-5-18(14-17(16)2)21(29)26-20-7-6-19(15-25-20)27-10-12-28(13-11-27)22-23-8-3-9-24-22/h3-9,14-15H,10-13H2,1-2H3,(H,25,26,29). The second-order valence-electron chi connectivity index (χ2n) is 7.18. The maximum absolute atomic E-state index is 12.5. The summed E-state index contributed by atoms with van der Waals surface area (Å²) in [6.45, 7) is 7.49. The smallest absolute Gasteiger partial charge is 0.256 e. The summed E-state index contributed by atoms with van der Waals surface area (Å²) in [5.74, 6) is 1.17. The molecule has 1 saturated heterocycles. The summed E-state index contributed by atoms with van der Waals surface area (Å²) in [5, 5.41) is 2.87. The second-order valence-corrected chi connectivity index (χ2v) is 7.18. The number of benzene rings is 1. The minimum Gasteiger partial charge on any atom is -0.367 e. The zero-order valence-corrected chi connectivity index (χ0v) is 16.7. The molecule has 1 amide bonds. The number of hydrogen-bond acceptors (Lipinski definition) is 6. The van der Waals surface area contributed by atoms with Crippen molar-refractivity contribution in [3.05, 3.63) is 71.7 Å². The molecule has 0 aliphatic carbocycles. The Bertz CT molecular complexity index is 982. The fourth-order valence-electron chi connectivity index (χ4n) is 3.34. The van der Waals surface area contributed by atoms with Crippen molar-refractivity contribution in [1.29, 1.82) is 0 Å². The van der Waals surface area contributed by atoms with E-state index in [2.05, 4.69) is 30.1 Å². The Kier molecular flexibility index (Phi) is 5.37. The molecule has 0 atom stereocenters. The number of piperazine rings is 1. The molecular weight excluding hydrogens is 364 g/mol. The third-order valence-electron chi connectivity index (χ3n) is 5.24. The summed E-state index contributed by atoms with van der Waals surface area (Å²) < 4.78 is 0. The summed E-state index contributed by atoms with van der Waals surface area (Å²) in [6, 6.07) is 11.4. The Morgan fingerprint density at radius 2 is 1.62 bits per heavy atom. The molecule has 2 aromatic heterocycles. The second kappa shape index (κ2) is 8.26. The zero-order chi connectivity index (χ0) is 20.2. The number of aromatic nitrogens is 3. The van der Waals surface area contributed by atoms with Crippen molar-refractivity contribution in [1.82, 2.24) is 15.0 Å². The van der Waals surface area contributed by atoms with Gasteiger partial charge in [-0.2, -0.15) is 0 Å². The molecule has 3 heterocycles. The first-order valence-electron chi connectivity index (χ1n) is 9.72. The number of rotatable bonds is 4. The van der Waals surface area contributed by atoms with Gasteiger partial charge in [-0.1, -0.05) is 6.07 Å². The van der Waals surface area contributed by atoms with E-state index in [4.69, 9.17) is 0 Å². The van der Waals surface area contributed by atoms with Crippen molar-refractivity contribution in [3.8, 4) is 0 Å². The predicted molar refractivity (Wildman–Crippen MR) is 115 cm³/mol. The van der Waals surface area contributed by atoms with Gasteiger partial charge >= 0.3 is 0 Å². The van der Waals surface area contributed by atoms with Crippen LogP contribution in [0.4, 0.5) is 17.5 Å². The van der Waals surface area contributed by atoms with Crippen molar-refractivity contribution in [2.75, 3.05) is 41.3 Å². The van der Waals surface area contributed by atoms with Gasteiger partial charge in [0.2, 0.25) is 5.95 Å². The summed E-state index contributed by atoms with van der Waals surface area (Å²) >= 11 is 0. The molecule has 1 aliphatic heterocycles. The predicted octanol–water partition coefficient (Wildman–Crippen LogP) is 3.07. The molecule has 1 N–H and O–H groups in total. The lowest BCUT2D eigenvalue weighted by atomic mass is 10.1. The van der Waals surface area contributed by atoms with E-state index in [1.165, 1.54) is 5.56 Å². The fourth-order valence-corrected chi connectivity index (χ4v) is 3.34. The van der Waals surface area contributed by atoms with E-state index >= 15 is 0 Å². The first kappa shape index (κ1) is 18.9. The number of pyridine rings is 1. The highest BCUT2D eigenvalue weighted by Crippen LogP contribution is 2.19. The van der Waals surface area contributed by atoms with Gasteiger partial charge in [-0.05, 0) is 55.3 Å². The van der Waals surface area contributed by atoms with Crippen LogP contribution in [-0.4, -0.2) is 47.0 Å². The normalized spacial score (nSPS) is 14.0. The number of hydrogen-bond donors (Lipinski definition) is 1. The van der Waals surface area contributed by atoms with Crippen molar-refractivity contribution >= 4 is 23.4 Å². The molecule has 29 heavy (non-hydrogen) atoms. The number of nitrogens with zero attached hydrogens (tertiary/aromatic N) is 5. The van der Waals surface area contributed by atoms with Crippen LogP contribution in [-0.2, 0) is 0 Å². The Morgan fingerprint density at radius 3 is 2.28 bits per heavy atom. The van der Waals surface area contributed by atoms with E-state index in [9.17, 15) is 4.79 Å². The van der Waals surface area contributed by atoms with Crippen LogP contribution in [0, 0.1) is 13.8 Å². The first-order chi connectivity index (χ1) is 14.1. The van der Waals surface area contributed by atoms with E-state index < -0.39 is 0 Å². The zero-order valence-electron chi connectivity index (χ0n) is 16.7. The van der Waals surface area contributed by atoms with Gasteiger partial charge in [0.1, 0.15) is 5.82 Å². The summed E-state index contributed by atoms with van der Waals surface area (Å²) in [7, 11) is 0. The van der Waals surface area contributed by atoms with Crippen molar-refractivity contribution in [2.24, 2.45) is 0 Å². The number of anilines is 3. The van der Waals surface area contributed by atoms with Gasteiger partial charge in [0.15, 0.2) is 0 Å². The molecule has 7 nitrogen and oxygen atoms in total. The van der Waals surface area contributed by atoms with E-state index in [1.807, 2.05) is 56.4 Å². The largest absolute Gasteiger partial charge is 0.367 e. The third kappa shape index (κ3) is 4.34. The van der Waals surface area contributed by atoms with Crippen LogP contribution < -0.4 is 15.1 Å². The van der Waals surface area contributed by atoms with E-state index in [1.54, 1.807) is 12.4 Å². The average molecular weight is 388 g/mol. The van der Waals surface area contributed by atoms with Crippen molar-refractivity contribution in [3.63, 3.8) is 0 Å². The molecule has 1 aromatic carbocycles. The van der Waals surface area contributed by atoms with Gasteiger partial charge in [-0.15, -0.1) is 0 Å². The summed E-state index contributed by atoms with van der Waals surface area (Å²) in [4.78, 5) is 30.0. The van der Waals surface area contributed by atoms with Crippen LogP contribution in [0.5, 0.6) is 0 Å². The Balaban J connectivity index is 1.36. The molecule has 148 valence electrons. The number of carbonyl (C=O) groups excluding carboxylic acids is 1. The number of carbonyl (C=O) groups is 1. The van der Waals surface area contributed by atoms with Crippen LogP contribution in [0.15, 0.2) is 55.0 Å². The van der Waals surface area contributed by atoms with Gasteiger partial charge in [0.05, 0.1) is 11.9 Å². The van der Waals surface area contributed by atoms with Crippen LogP contribution in [0.1, 0.15) is 21.5 Å². The molecular formula is C22H24N6O. The minimum absolute atomic E-state index is 0.148. The quantitative estimate of drug-likeness (QED) is 0.740. The monoisotopic (exact) mass is 388 g/mol. The molecule has 0 spiro atoms. The highest BCUT2D eigenvalue weighted by molar-refractivity contribution is 6.03. The lowest BCUT2D eigenvalue weighted by molar-refractivity contribution is 0.102. The van der Waals surface area contributed by atoms with Crippen molar-refractivity contribution in [2.45, 2.75) is 13.8 Å². The van der Waals surface area contributed by atoms with Gasteiger partial charge in [-0.25, -0.2) is 15.0 Å². The highest BCUT2D eigenvalue weighted by atomic mass is 16.1. The summed E-state index contributed by atoms with van der Waals surface area (Å²) in [5.41, 5.74) is 3.95. The third-order valence-corrected chi connectivity index (χ3v) is 5.24. The van der Waals surface area contributed by atoms with E-state index in [0.29, 0.717) is 11.4 Å². The SMILES string of the molecule is Cc1ccc(C(=O)Nc2ccc(N3CCN(c4ncccn4)CC3)cn2)cc1C. The van der Waals surface area contributed by atoms with Crippen LogP contribution in [0.25, 0.3) is 0 Å². The maximum atomic E-state index is 12.5. The molecule has 0 unspecified atom stereocenters. The van der Waals surface area contributed by atoms with Gasteiger partial charge < -0.3 is 15.1 Å². The Labute approximate surface area is 170 Å². The molecule has 0 saturated carbocycles. The Hall–Kier alpha value is -3.48. The lowest BCUT2D eigenvalue weighted by Crippen LogP contribution is -2.47. The first-order valence-corrected chi connectivity index (χ1v) is 9.72. The van der Waals surface area contributed by atoms with Gasteiger partial charge in [0, 0.05) is 44.1 Å². The molecule has 7 heteroatoms. The minimum atomic E-state index is -0.148. The number of amides is 1. The van der Waals surface area contributed by atoms with E-state index in [0.717, 1.165) is 43.4 Å². The number of nitrogens with one attached hydrogen (secondary N) is 1. The molecule has 1 aliphatic rings. The molecule has 1 fully saturated rings.